The Labute approximate surface area is 180 Å². The van der Waals surface area contributed by atoms with Crippen LogP contribution in [0.25, 0.3) is 10.9 Å². The topological polar surface area (TPSA) is 132 Å². The first kappa shape index (κ1) is 23.0. The summed E-state index contributed by atoms with van der Waals surface area (Å²) in [6.07, 6.45) is -3.58. The maximum atomic E-state index is 13.1. The number of hydrogen-bond acceptors (Lipinski definition) is 6. The van der Waals surface area contributed by atoms with Gasteiger partial charge in [-0.25, -0.2) is 0 Å². The molecule has 0 bridgehead atoms. The van der Waals surface area contributed by atoms with Crippen molar-refractivity contribution in [1.82, 2.24) is 20.1 Å². The van der Waals surface area contributed by atoms with Crippen LogP contribution in [0.3, 0.4) is 0 Å². The number of carbonyl (C=O) groups excluding carboxylic acids is 2. The molecule has 3 rings (SSSR count). The van der Waals surface area contributed by atoms with Gasteiger partial charge in [0.15, 0.2) is 5.69 Å². The van der Waals surface area contributed by atoms with Crippen molar-refractivity contribution in [2.45, 2.75) is 25.2 Å². The van der Waals surface area contributed by atoms with E-state index in [9.17, 15) is 27.9 Å². The fourth-order valence-corrected chi connectivity index (χ4v) is 3.00. The zero-order chi connectivity index (χ0) is 23.7. The highest BCUT2D eigenvalue weighted by Gasteiger charge is 2.35. The summed E-state index contributed by atoms with van der Waals surface area (Å²) in [5.74, 6) is -1.47. The van der Waals surface area contributed by atoms with Crippen molar-refractivity contribution in [1.29, 1.82) is 0 Å². The van der Waals surface area contributed by atoms with E-state index in [4.69, 9.17) is 10.5 Å². The number of aromatic nitrogens is 3. The molecule has 0 saturated carbocycles. The summed E-state index contributed by atoms with van der Waals surface area (Å²) in [7, 11) is 1.50. The first-order valence-corrected chi connectivity index (χ1v) is 9.30. The molecule has 0 radical (unpaired) electrons. The lowest BCUT2D eigenvalue weighted by Crippen LogP contribution is -2.58. The van der Waals surface area contributed by atoms with E-state index in [0.29, 0.717) is 10.9 Å². The highest BCUT2D eigenvalue weighted by Crippen LogP contribution is 2.31. The molecule has 32 heavy (non-hydrogen) atoms. The average molecular weight is 451 g/mol. The minimum atomic E-state index is -4.63. The molecule has 170 valence electrons. The molecule has 0 aliphatic carbocycles. The van der Waals surface area contributed by atoms with E-state index in [1.165, 1.54) is 49.0 Å². The Balaban J connectivity index is 1.90. The Hall–Kier alpha value is -3.67. The highest BCUT2D eigenvalue weighted by molar-refractivity contribution is 6.07. The van der Waals surface area contributed by atoms with Crippen LogP contribution in [-0.2, 0) is 24.6 Å². The molecule has 1 aromatic carbocycles. The molecular formula is C20H20F3N5O4. The minimum Gasteiger partial charge on any atom is -0.489 e. The number of amides is 2. The molecule has 1 unspecified atom stereocenters. The lowest BCUT2D eigenvalue weighted by Gasteiger charge is -2.24. The maximum absolute atomic E-state index is 13.1. The van der Waals surface area contributed by atoms with Gasteiger partial charge in [-0.1, -0.05) is 6.07 Å². The summed E-state index contributed by atoms with van der Waals surface area (Å²) < 4.78 is 46.2. The number of alkyl halides is 3. The Bertz CT molecular complexity index is 1180. The monoisotopic (exact) mass is 451 g/mol. The SMILES string of the molecule is Cn1nc2ccc(OCc3cccnc3C(F)(F)F)cc2c1C(=O)NC(C)(CO)C(N)=O. The van der Waals surface area contributed by atoms with E-state index in [0.717, 1.165) is 6.20 Å². The third-order valence-electron chi connectivity index (χ3n) is 4.82. The molecule has 4 N–H and O–H groups in total. The van der Waals surface area contributed by atoms with Crippen LogP contribution in [0.1, 0.15) is 28.7 Å². The molecule has 2 aromatic heterocycles. The zero-order valence-corrected chi connectivity index (χ0v) is 17.1. The van der Waals surface area contributed by atoms with Crippen molar-refractivity contribution in [2.24, 2.45) is 12.8 Å². The second-order valence-corrected chi connectivity index (χ2v) is 7.26. The lowest BCUT2D eigenvalue weighted by atomic mass is 10.0. The molecule has 0 aliphatic rings. The first-order valence-electron chi connectivity index (χ1n) is 9.30. The van der Waals surface area contributed by atoms with Gasteiger partial charge in [-0.2, -0.15) is 18.3 Å². The van der Waals surface area contributed by atoms with E-state index in [2.05, 4.69) is 15.4 Å². The van der Waals surface area contributed by atoms with Crippen LogP contribution in [0.5, 0.6) is 5.75 Å². The van der Waals surface area contributed by atoms with Gasteiger partial charge in [0, 0.05) is 24.2 Å². The van der Waals surface area contributed by atoms with Gasteiger partial charge in [-0.3, -0.25) is 19.3 Å². The Kier molecular flexibility index (Phi) is 6.08. The highest BCUT2D eigenvalue weighted by atomic mass is 19.4. The van der Waals surface area contributed by atoms with Crippen molar-refractivity contribution in [2.75, 3.05) is 6.61 Å². The third-order valence-corrected chi connectivity index (χ3v) is 4.82. The molecule has 0 saturated heterocycles. The van der Waals surface area contributed by atoms with Gasteiger partial charge in [-0.15, -0.1) is 0 Å². The predicted octanol–water partition coefficient (Wildman–Crippen LogP) is 1.53. The average Bonchev–Trinajstić information content (AvgIpc) is 3.06. The molecule has 9 nitrogen and oxygen atoms in total. The molecule has 0 aliphatic heterocycles. The smallest absolute Gasteiger partial charge is 0.433 e. The Morgan fingerprint density at radius 1 is 1.28 bits per heavy atom. The summed E-state index contributed by atoms with van der Waals surface area (Å²) in [5.41, 5.74) is 2.82. The van der Waals surface area contributed by atoms with Crippen LogP contribution in [0, 0.1) is 0 Å². The third kappa shape index (κ3) is 4.49. The van der Waals surface area contributed by atoms with E-state index in [1.807, 2.05) is 0 Å². The Morgan fingerprint density at radius 2 is 2.00 bits per heavy atom. The van der Waals surface area contributed by atoms with Crippen LogP contribution in [-0.4, -0.2) is 43.8 Å². The summed E-state index contributed by atoms with van der Waals surface area (Å²) in [6.45, 7) is 0.150. The number of benzene rings is 1. The van der Waals surface area contributed by atoms with E-state index in [1.54, 1.807) is 0 Å². The van der Waals surface area contributed by atoms with Crippen LogP contribution in [0.4, 0.5) is 13.2 Å². The molecule has 3 aromatic rings. The molecule has 0 fully saturated rings. The Morgan fingerprint density at radius 3 is 2.62 bits per heavy atom. The van der Waals surface area contributed by atoms with Gasteiger partial charge in [-0.05, 0) is 31.2 Å². The number of rotatable bonds is 7. The summed E-state index contributed by atoms with van der Waals surface area (Å²) in [4.78, 5) is 27.8. The fraction of sp³-hybridized carbons (Fsp3) is 0.300. The number of ether oxygens (including phenoxy) is 1. The number of nitrogens with two attached hydrogens (primary N) is 1. The molecule has 2 amide bonds. The zero-order valence-electron chi connectivity index (χ0n) is 17.1. The van der Waals surface area contributed by atoms with E-state index < -0.39 is 42.4 Å². The van der Waals surface area contributed by atoms with Gasteiger partial charge in [0.2, 0.25) is 5.91 Å². The largest absolute Gasteiger partial charge is 0.489 e. The van der Waals surface area contributed by atoms with E-state index in [-0.39, 0.29) is 17.0 Å². The number of hydrogen-bond donors (Lipinski definition) is 3. The number of carbonyl (C=O) groups is 2. The number of fused-ring (bicyclic) bond motifs is 1. The predicted molar refractivity (Wildman–Crippen MR) is 106 cm³/mol. The normalized spacial score (nSPS) is 13.6. The van der Waals surface area contributed by atoms with Crippen molar-refractivity contribution in [3.63, 3.8) is 0 Å². The number of nitrogens with one attached hydrogen (secondary N) is 1. The van der Waals surface area contributed by atoms with Crippen LogP contribution >= 0.6 is 0 Å². The quantitative estimate of drug-likeness (QED) is 0.499. The van der Waals surface area contributed by atoms with Crippen LogP contribution < -0.4 is 15.8 Å². The van der Waals surface area contributed by atoms with Crippen molar-refractivity contribution in [3.8, 4) is 5.75 Å². The number of nitrogens with zero attached hydrogens (tertiary/aromatic N) is 3. The van der Waals surface area contributed by atoms with Gasteiger partial charge < -0.3 is 20.9 Å². The number of primary amides is 1. The van der Waals surface area contributed by atoms with Crippen molar-refractivity contribution >= 4 is 22.7 Å². The number of pyridine rings is 1. The van der Waals surface area contributed by atoms with Crippen molar-refractivity contribution in [3.05, 3.63) is 53.5 Å². The number of aryl methyl sites for hydroxylation is 1. The minimum absolute atomic E-state index is 0.0451. The van der Waals surface area contributed by atoms with Gasteiger partial charge in [0.1, 0.15) is 23.6 Å². The molecule has 0 spiro atoms. The first-order chi connectivity index (χ1) is 15.0. The van der Waals surface area contributed by atoms with Gasteiger partial charge in [0.25, 0.3) is 5.91 Å². The van der Waals surface area contributed by atoms with E-state index >= 15 is 0 Å². The fourth-order valence-electron chi connectivity index (χ4n) is 3.00. The summed E-state index contributed by atoms with van der Waals surface area (Å²) in [5, 5.41) is 16.4. The standard InChI is InChI=1S/C20H20F3N5O4/c1-19(10-29,18(24)31)26-17(30)15-13-8-12(5-6-14(13)27-28(15)2)32-9-11-4-3-7-25-16(11)20(21,22)23/h3-8,29H,9-10H2,1-2H3,(H2,24,31)(H,26,30). The lowest BCUT2D eigenvalue weighted by molar-refractivity contribution is -0.142. The van der Waals surface area contributed by atoms with Gasteiger partial charge in [0.05, 0.1) is 12.1 Å². The molecule has 1 atom stereocenters. The molecule has 2 heterocycles. The number of aliphatic hydroxyl groups is 1. The number of aliphatic hydroxyl groups excluding tert-OH is 1. The maximum Gasteiger partial charge on any atom is 0.433 e. The second kappa shape index (κ2) is 8.46. The van der Waals surface area contributed by atoms with Gasteiger partial charge >= 0.3 is 6.18 Å². The van der Waals surface area contributed by atoms with Crippen LogP contribution in [0.15, 0.2) is 36.5 Å². The summed E-state index contributed by atoms with van der Waals surface area (Å²) >= 11 is 0. The van der Waals surface area contributed by atoms with Crippen molar-refractivity contribution < 1.29 is 32.6 Å². The van der Waals surface area contributed by atoms with Crippen LogP contribution in [0.2, 0.25) is 0 Å². The number of halogens is 3. The summed E-state index contributed by atoms with van der Waals surface area (Å²) in [6, 6.07) is 7.12. The second-order valence-electron chi connectivity index (χ2n) is 7.26. The molecule has 12 heteroatoms. The molecular weight excluding hydrogens is 431 g/mol.